The summed E-state index contributed by atoms with van der Waals surface area (Å²) in [6.07, 6.45) is 0. The molecule has 11 heteroatoms. The van der Waals surface area contributed by atoms with Crippen LogP contribution in [0, 0.1) is 0 Å². The van der Waals surface area contributed by atoms with E-state index in [0.29, 0.717) is 13.2 Å². The maximum Gasteiger partial charge on any atom is 0.240 e. The average Bonchev–Trinajstić information content (AvgIpc) is 3.16. The lowest BCUT2D eigenvalue weighted by Crippen LogP contribution is -2.43. The Bertz CT molecular complexity index is 951. The molecule has 3 N–H and O–H groups in total. The van der Waals surface area contributed by atoms with Crippen molar-refractivity contribution in [2.45, 2.75) is 15.8 Å². The minimum Gasteiger partial charge on any atom is -0.379 e. The summed E-state index contributed by atoms with van der Waals surface area (Å²) in [5.41, 5.74) is 0. The molecule has 3 rings (SSSR count). The van der Waals surface area contributed by atoms with Gasteiger partial charge in [0, 0.05) is 24.5 Å². The van der Waals surface area contributed by atoms with Crippen LogP contribution in [0.3, 0.4) is 0 Å². The number of sulfonamides is 2. The van der Waals surface area contributed by atoms with Gasteiger partial charge in [-0.1, -0.05) is 6.07 Å². The maximum absolute atomic E-state index is 12.6. The molecule has 0 bridgehead atoms. The van der Waals surface area contributed by atoms with Crippen LogP contribution in [0.25, 0.3) is 0 Å². The predicted molar refractivity (Wildman–Crippen MR) is 102 cm³/mol. The normalized spacial score (nSPS) is 17.7. The van der Waals surface area contributed by atoms with E-state index in [-0.39, 0.29) is 22.4 Å². The first-order chi connectivity index (χ1) is 12.8. The van der Waals surface area contributed by atoms with E-state index >= 15 is 0 Å². The van der Waals surface area contributed by atoms with Crippen molar-refractivity contribution in [1.82, 2.24) is 9.62 Å². The monoisotopic (exact) mass is 431 g/mol. The lowest BCUT2D eigenvalue weighted by molar-refractivity contribution is 0.0179. The van der Waals surface area contributed by atoms with Gasteiger partial charge in [0.1, 0.15) is 0 Å². The van der Waals surface area contributed by atoms with E-state index in [1.807, 2.05) is 17.5 Å². The second-order valence-corrected chi connectivity index (χ2v) is 10.4. The number of thiophene rings is 1. The minimum atomic E-state index is -3.87. The summed E-state index contributed by atoms with van der Waals surface area (Å²) < 4.78 is 55.9. The van der Waals surface area contributed by atoms with Crippen LogP contribution in [0.4, 0.5) is 0 Å². The Morgan fingerprint density at radius 1 is 1.07 bits per heavy atom. The third-order valence-electron chi connectivity index (χ3n) is 4.29. The molecule has 1 fully saturated rings. The molecular formula is C16H21N3O5S3. The van der Waals surface area contributed by atoms with E-state index in [1.165, 1.54) is 24.3 Å². The molecule has 0 amide bonds. The number of primary sulfonamides is 1. The van der Waals surface area contributed by atoms with Crippen molar-refractivity contribution >= 4 is 31.4 Å². The lowest BCUT2D eigenvalue weighted by Gasteiger charge is -2.34. The maximum atomic E-state index is 12.6. The van der Waals surface area contributed by atoms with Crippen molar-refractivity contribution in [3.63, 3.8) is 0 Å². The molecule has 0 spiro atoms. The van der Waals surface area contributed by atoms with Crippen LogP contribution in [-0.2, 0) is 24.8 Å². The van der Waals surface area contributed by atoms with Crippen LogP contribution in [0.1, 0.15) is 10.9 Å². The molecule has 1 aliphatic heterocycles. The second-order valence-electron chi connectivity index (χ2n) is 6.05. The molecule has 1 aliphatic rings. The van der Waals surface area contributed by atoms with Gasteiger partial charge in [0.15, 0.2) is 0 Å². The van der Waals surface area contributed by atoms with E-state index in [4.69, 9.17) is 9.88 Å². The smallest absolute Gasteiger partial charge is 0.240 e. The largest absolute Gasteiger partial charge is 0.379 e. The zero-order valence-corrected chi connectivity index (χ0v) is 16.9. The number of hydrogen-bond acceptors (Lipinski definition) is 7. The topological polar surface area (TPSA) is 119 Å². The number of nitrogens with two attached hydrogens (primary N) is 1. The first-order valence-electron chi connectivity index (χ1n) is 8.25. The standard InChI is InChI=1S/C16H21N3O5S3/c17-26(20,21)13-3-5-14(6-4-13)27(22,23)18-12-15(16-2-1-11-25-16)19-7-9-24-10-8-19/h1-6,11,15,18H,7-10,12H2,(H2,17,20,21). The van der Waals surface area contributed by atoms with Crippen molar-refractivity contribution in [2.24, 2.45) is 5.14 Å². The number of hydrogen-bond donors (Lipinski definition) is 2. The van der Waals surface area contributed by atoms with Gasteiger partial charge in [0.25, 0.3) is 0 Å². The fraction of sp³-hybridized carbons (Fsp3) is 0.375. The van der Waals surface area contributed by atoms with Crippen LogP contribution in [0.15, 0.2) is 51.6 Å². The number of morpholine rings is 1. The summed E-state index contributed by atoms with van der Waals surface area (Å²) in [5, 5.41) is 7.01. The van der Waals surface area contributed by atoms with Crippen molar-refractivity contribution in [2.75, 3.05) is 32.8 Å². The van der Waals surface area contributed by atoms with E-state index in [2.05, 4.69) is 9.62 Å². The lowest BCUT2D eigenvalue weighted by atomic mass is 10.2. The Morgan fingerprint density at radius 2 is 1.70 bits per heavy atom. The highest BCUT2D eigenvalue weighted by Gasteiger charge is 2.26. The Hall–Kier alpha value is -1.34. The fourth-order valence-corrected chi connectivity index (χ4v) is 5.27. The fourth-order valence-electron chi connectivity index (χ4n) is 2.86. The highest BCUT2D eigenvalue weighted by Crippen LogP contribution is 2.26. The minimum absolute atomic E-state index is 0.0122. The van der Waals surface area contributed by atoms with Gasteiger partial charge in [0.05, 0.1) is 29.0 Å². The third kappa shape index (κ3) is 5.13. The third-order valence-corrected chi connectivity index (χ3v) is 7.63. The van der Waals surface area contributed by atoms with Gasteiger partial charge in [-0.25, -0.2) is 26.7 Å². The van der Waals surface area contributed by atoms with Crippen molar-refractivity contribution in [3.8, 4) is 0 Å². The molecule has 0 aliphatic carbocycles. The predicted octanol–water partition coefficient (Wildman–Crippen LogP) is 0.747. The SMILES string of the molecule is NS(=O)(=O)c1ccc(S(=O)(=O)NCC(c2cccs2)N2CCOCC2)cc1. The van der Waals surface area contributed by atoms with Gasteiger partial charge >= 0.3 is 0 Å². The summed E-state index contributed by atoms with van der Waals surface area (Å²) in [7, 11) is -7.65. The summed E-state index contributed by atoms with van der Waals surface area (Å²) >= 11 is 1.58. The Morgan fingerprint density at radius 3 is 2.26 bits per heavy atom. The summed E-state index contributed by atoms with van der Waals surface area (Å²) in [5.74, 6) is 0. The van der Waals surface area contributed by atoms with Gasteiger partial charge in [-0.05, 0) is 35.7 Å². The van der Waals surface area contributed by atoms with Gasteiger partial charge < -0.3 is 4.74 Å². The van der Waals surface area contributed by atoms with Gasteiger partial charge in [-0.3, -0.25) is 4.90 Å². The summed E-state index contributed by atoms with van der Waals surface area (Å²) in [6.45, 7) is 2.90. The second kappa shape index (κ2) is 8.35. The molecule has 1 unspecified atom stereocenters. The van der Waals surface area contributed by atoms with Gasteiger partial charge in [-0.2, -0.15) is 0 Å². The number of nitrogens with one attached hydrogen (secondary N) is 1. The summed E-state index contributed by atoms with van der Waals surface area (Å²) in [6, 6.07) is 8.67. The molecular weight excluding hydrogens is 410 g/mol. The molecule has 1 saturated heterocycles. The van der Waals surface area contributed by atoms with E-state index < -0.39 is 20.0 Å². The van der Waals surface area contributed by atoms with E-state index in [0.717, 1.165) is 18.0 Å². The highest BCUT2D eigenvalue weighted by molar-refractivity contribution is 7.89. The van der Waals surface area contributed by atoms with Crippen LogP contribution in [0.5, 0.6) is 0 Å². The molecule has 0 saturated carbocycles. The van der Waals surface area contributed by atoms with Crippen LogP contribution < -0.4 is 9.86 Å². The van der Waals surface area contributed by atoms with E-state index in [9.17, 15) is 16.8 Å². The van der Waals surface area contributed by atoms with Crippen molar-refractivity contribution in [1.29, 1.82) is 0 Å². The number of benzene rings is 1. The van der Waals surface area contributed by atoms with Crippen LogP contribution in [0.2, 0.25) is 0 Å². The summed E-state index contributed by atoms with van der Waals surface area (Å²) in [4.78, 5) is 3.12. The molecule has 2 heterocycles. The van der Waals surface area contributed by atoms with Gasteiger partial charge in [0.2, 0.25) is 20.0 Å². The zero-order chi connectivity index (χ0) is 19.5. The van der Waals surface area contributed by atoms with Gasteiger partial charge in [-0.15, -0.1) is 11.3 Å². The quantitative estimate of drug-likeness (QED) is 0.668. The Kier molecular flexibility index (Phi) is 6.31. The van der Waals surface area contributed by atoms with Crippen LogP contribution in [-0.4, -0.2) is 54.6 Å². The van der Waals surface area contributed by atoms with Crippen molar-refractivity contribution < 1.29 is 21.6 Å². The number of ether oxygens (including phenoxy) is 1. The molecule has 27 heavy (non-hydrogen) atoms. The molecule has 0 radical (unpaired) electrons. The molecule has 8 nitrogen and oxygen atoms in total. The van der Waals surface area contributed by atoms with Crippen LogP contribution >= 0.6 is 11.3 Å². The molecule has 1 atom stereocenters. The molecule has 148 valence electrons. The van der Waals surface area contributed by atoms with E-state index in [1.54, 1.807) is 11.3 Å². The number of nitrogens with zero attached hydrogens (tertiary/aromatic N) is 1. The zero-order valence-electron chi connectivity index (χ0n) is 14.4. The Labute approximate surface area is 163 Å². The van der Waals surface area contributed by atoms with Crippen molar-refractivity contribution in [3.05, 3.63) is 46.7 Å². The first-order valence-corrected chi connectivity index (χ1v) is 12.2. The molecule has 2 aromatic rings. The molecule has 1 aromatic carbocycles. The molecule has 1 aromatic heterocycles. The Balaban J connectivity index is 1.75. The number of rotatable bonds is 7. The average molecular weight is 432 g/mol. The first kappa shape index (κ1) is 20.4. The highest BCUT2D eigenvalue weighted by atomic mass is 32.2.